The summed E-state index contributed by atoms with van der Waals surface area (Å²) >= 11 is 0. The van der Waals surface area contributed by atoms with Gasteiger partial charge in [0.05, 0.1) is 17.1 Å². The van der Waals surface area contributed by atoms with Crippen molar-refractivity contribution in [2.24, 2.45) is 5.73 Å². The van der Waals surface area contributed by atoms with E-state index in [1.165, 1.54) is 0 Å². The Balaban J connectivity index is 2.12. The van der Waals surface area contributed by atoms with Crippen molar-refractivity contribution in [3.63, 3.8) is 0 Å². The van der Waals surface area contributed by atoms with Gasteiger partial charge < -0.3 is 5.73 Å². The van der Waals surface area contributed by atoms with Crippen LogP contribution in [0.2, 0.25) is 0 Å². The summed E-state index contributed by atoms with van der Waals surface area (Å²) in [5.41, 5.74) is 8.41. The SMILES string of the molecule is Cc1nnc(NS(=O)(=O)Cc2ccc(CN)cc2)nc1C. The molecule has 1 heterocycles. The minimum atomic E-state index is -3.58. The largest absolute Gasteiger partial charge is 0.326 e. The number of anilines is 1. The van der Waals surface area contributed by atoms with E-state index in [4.69, 9.17) is 5.73 Å². The molecule has 0 saturated heterocycles. The predicted octanol–water partition coefficient (Wildman–Crippen LogP) is 0.889. The maximum Gasteiger partial charge on any atom is 0.256 e. The number of hydrogen-bond donors (Lipinski definition) is 2. The number of aromatic nitrogens is 3. The number of sulfonamides is 1. The lowest BCUT2D eigenvalue weighted by molar-refractivity contribution is 0.599. The normalized spacial score (nSPS) is 11.4. The Kier molecular flexibility index (Phi) is 4.49. The maximum atomic E-state index is 12.1. The number of benzene rings is 1. The smallest absolute Gasteiger partial charge is 0.256 e. The summed E-state index contributed by atoms with van der Waals surface area (Å²) in [6.07, 6.45) is 0. The highest BCUT2D eigenvalue weighted by atomic mass is 32.2. The van der Waals surface area contributed by atoms with Gasteiger partial charge in [0.1, 0.15) is 0 Å². The second kappa shape index (κ2) is 6.15. The Bertz CT molecular complexity index is 729. The van der Waals surface area contributed by atoms with Crippen molar-refractivity contribution in [3.05, 3.63) is 46.8 Å². The molecule has 7 nitrogen and oxygen atoms in total. The first-order valence-corrected chi connectivity index (χ1v) is 8.01. The Morgan fingerprint density at radius 2 is 1.67 bits per heavy atom. The van der Waals surface area contributed by atoms with Gasteiger partial charge in [-0.25, -0.2) is 18.1 Å². The molecular formula is C13H17N5O2S. The van der Waals surface area contributed by atoms with Crippen molar-refractivity contribution < 1.29 is 8.42 Å². The number of nitrogens with zero attached hydrogens (tertiary/aromatic N) is 3. The van der Waals surface area contributed by atoms with E-state index in [1.54, 1.807) is 38.1 Å². The standard InChI is InChI=1S/C13H17N5O2S/c1-9-10(2)16-17-13(15-9)18-21(19,20)8-12-5-3-11(7-14)4-6-12/h3-6H,7-8,14H2,1-2H3,(H,15,17,18). The molecular weight excluding hydrogens is 290 g/mol. The lowest BCUT2D eigenvalue weighted by Gasteiger charge is -2.07. The highest BCUT2D eigenvalue weighted by Gasteiger charge is 2.14. The van der Waals surface area contributed by atoms with Crippen LogP contribution in [0.4, 0.5) is 5.95 Å². The number of nitrogens with two attached hydrogens (primary N) is 1. The van der Waals surface area contributed by atoms with Gasteiger partial charge in [-0.1, -0.05) is 24.3 Å². The summed E-state index contributed by atoms with van der Waals surface area (Å²) in [7, 11) is -3.58. The van der Waals surface area contributed by atoms with Crippen LogP contribution in [0, 0.1) is 13.8 Å². The fourth-order valence-corrected chi connectivity index (χ4v) is 2.73. The molecule has 0 fully saturated rings. The monoisotopic (exact) mass is 307 g/mol. The second-order valence-corrected chi connectivity index (χ2v) is 6.41. The molecule has 2 rings (SSSR count). The van der Waals surface area contributed by atoms with Gasteiger partial charge in [0.25, 0.3) is 5.95 Å². The fraction of sp³-hybridized carbons (Fsp3) is 0.308. The van der Waals surface area contributed by atoms with E-state index in [2.05, 4.69) is 19.9 Å². The number of hydrogen-bond acceptors (Lipinski definition) is 6. The molecule has 112 valence electrons. The lowest BCUT2D eigenvalue weighted by atomic mass is 10.1. The van der Waals surface area contributed by atoms with Crippen LogP contribution in [0.1, 0.15) is 22.5 Å². The van der Waals surface area contributed by atoms with E-state index in [0.29, 0.717) is 23.5 Å². The van der Waals surface area contributed by atoms with Gasteiger partial charge in [-0.2, -0.15) is 5.10 Å². The van der Waals surface area contributed by atoms with E-state index >= 15 is 0 Å². The molecule has 0 aliphatic rings. The zero-order valence-electron chi connectivity index (χ0n) is 11.9. The van der Waals surface area contributed by atoms with Crippen molar-refractivity contribution in [2.75, 3.05) is 4.72 Å². The average molecular weight is 307 g/mol. The zero-order valence-corrected chi connectivity index (χ0v) is 12.7. The van der Waals surface area contributed by atoms with Crippen LogP contribution in [0.5, 0.6) is 0 Å². The average Bonchev–Trinajstić information content (AvgIpc) is 2.43. The molecule has 0 atom stereocenters. The molecule has 0 spiro atoms. The summed E-state index contributed by atoms with van der Waals surface area (Å²) in [5.74, 6) is -0.176. The van der Waals surface area contributed by atoms with Crippen LogP contribution < -0.4 is 10.5 Å². The van der Waals surface area contributed by atoms with Crippen molar-refractivity contribution in [1.29, 1.82) is 0 Å². The molecule has 0 unspecified atom stereocenters. The van der Waals surface area contributed by atoms with E-state index in [-0.39, 0.29) is 11.7 Å². The zero-order chi connectivity index (χ0) is 15.5. The van der Waals surface area contributed by atoms with Gasteiger partial charge in [-0.3, -0.25) is 0 Å². The second-order valence-electron chi connectivity index (χ2n) is 4.69. The summed E-state index contributed by atoms with van der Waals surface area (Å²) in [6.45, 7) is 3.92. The van der Waals surface area contributed by atoms with Gasteiger partial charge in [-0.05, 0) is 25.0 Å². The van der Waals surface area contributed by atoms with Crippen molar-refractivity contribution in [3.8, 4) is 0 Å². The molecule has 0 bridgehead atoms. The molecule has 1 aromatic heterocycles. The van der Waals surface area contributed by atoms with E-state index in [9.17, 15) is 8.42 Å². The quantitative estimate of drug-likeness (QED) is 0.848. The Hall–Kier alpha value is -2.06. The molecule has 0 radical (unpaired) electrons. The summed E-state index contributed by atoms with van der Waals surface area (Å²) in [6, 6.07) is 7.08. The molecule has 0 amide bonds. The molecule has 21 heavy (non-hydrogen) atoms. The molecule has 0 aliphatic carbocycles. The summed E-state index contributed by atoms with van der Waals surface area (Å²) in [5, 5.41) is 7.56. The van der Waals surface area contributed by atoms with Gasteiger partial charge in [0, 0.05) is 6.54 Å². The molecule has 0 saturated carbocycles. The van der Waals surface area contributed by atoms with Crippen LogP contribution in [0.15, 0.2) is 24.3 Å². The molecule has 1 aromatic carbocycles. The Morgan fingerprint density at radius 3 is 2.24 bits per heavy atom. The van der Waals surface area contributed by atoms with Crippen LogP contribution in [0.25, 0.3) is 0 Å². The Labute approximate surface area is 123 Å². The van der Waals surface area contributed by atoms with E-state index in [1.807, 2.05) is 0 Å². The fourth-order valence-electron chi connectivity index (χ4n) is 1.67. The first-order chi connectivity index (χ1) is 9.89. The Morgan fingerprint density at radius 1 is 1.05 bits per heavy atom. The third kappa shape index (κ3) is 4.20. The van der Waals surface area contributed by atoms with Crippen LogP contribution in [-0.4, -0.2) is 23.6 Å². The third-order valence-electron chi connectivity index (χ3n) is 2.95. The van der Waals surface area contributed by atoms with Gasteiger partial charge in [-0.15, -0.1) is 5.10 Å². The van der Waals surface area contributed by atoms with Crippen LogP contribution in [-0.2, 0) is 22.3 Å². The van der Waals surface area contributed by atoms with Crippen LogP contribution in [0.3, 0.4) is 0 Å². The van der Waals surface area contributed by atoms with E-state index in [0.717, 1.165) is 5.56 Å². The predicted molar refractivity (Wildman–Crippen MR) is 79.9 cm³/mol. The topological polar surface area (TPSA) is 111 Å². The third-order valence-corrected chi connectivity index (χ3v) is 4.16. The highest BCUT2D eigenvalue weighted by Crippen LogP contribution is 2.11. The minimum Gasteiger partial charge on any atom is -0.326 e. The van der Waals surface area contributed by atoms with Crippen molar-refractivity contribution >= 4 is 16.0 Å². The number of aryl methyl sites for hydroxylation is 2. The van der Waals surface area contributed by atoms with Crippen molar-refractivity contribution in [1.82, 2.24) is 15.2 Å². The number of nitrogens with one attached hydrogen (secondary N) is 1. The number of rotatable bonds is 5. The molecule has 0 aliphatic heterocycles. The molecule has 2 aromatic rings. The minimum absolute atomic E-state index is 0.0170. The van der Waals surface area contributed by atoms with Gasteiger partial charge >= 0.3 is 0 Å². The van der Waals surface area contributed by atoms with Crippen LogP contribution >= 0.6 is 0 Å². The first-order valence-electron chi connectivity index (χ1n) is 6.36. The molecule has 8 heteroatoms. The van der Waals surface area contributed by atoms with Gasteiger partial charge in [0.15, 0.2) is 0 Å². The van der Waals surface area contributed by atoms with E-state index < -0.39 is 10.0 Å². The van der Waals surface area contributed by atoms with Gasteiger partial charge in [0.2, 0.25) is 10.0 Å². The first kappa shape index (κ1) is 15.3. The maximum absolute atomic E-state index is 12.1. The molecule has 3 N–H and O–H groups in total. The highest BCUT2D eigenvalue weighted by molar-refractivity contribution is 7.91. The lowest BCUT2D eigenvalue weighted by Crippen LogP contribution is -2.18. The summed E-state index contributed by atoms with van der Waals surface area (Å²) in [4.78, 5) is 4.05. The van der Waals surface area contributed by atoms with Crippen molar-refractivity contribution in [2.45, 2.75) is 26.1 Å². The summed E-state index contributed by atoms with van der Waals surface area (Å²) < 4.78 is 26.5.